The third-order valence-electron chi connectivity index (χ3n) is 5.42. The van der Waals surface area contributed by atoms with Crippen LogP contribution in [0.2, 0.25) is 0 Å². The van der Waals surface area contributed by atoms with Crippen LogP contribution in [-0.4, -0.2) is 28.0 Å². The van der Waals surface area contributed by atoms with E-state index in [4.69, 9.17) is 0 Å². The molecule has 3 atom stereocenters. The molecule has 0 radical (unpaired) electrons. The summed E-state index contributed by atoms with van der Waals surface area (Å²) in [6, 6.07) is 13.8. The van der Waals surface area contributed by atoms with E-state index in [1.165, 1.54) is 17.7 Å². The molecule has 2 fully saturated rings. The molecule has 2 aromatic rings. The molecule has 4 rings (SSSR count). The Bertz CT molecular complexity index is 727. The topological polar surface area (TPSA) is 40.5 Å². The molecular weight excluding hydrogens is 305 g/mol. The molecule has 2 bridgehead atoms. The average molecular weight is 325 g/mol. The summed E-state index contributed by atoms with van der Waals surface area (Å²) in [7, 11) is 0. The minimum atomic E-state index is -0.207. The van der Waals surface area contributed by atoms with Crippen LogP contribution in [0.5, 0.6) is 5.75 Å². The van der Waals surface area contributed by atoms with Crippen molar-refractivity contribution in [3.8, 4) is 5.75 Å². The van der Waals surface area contributed by atoms with Gasteiger partial charge in [-0.05, 0) is 73.6 Å². The van der Waals surface area contributed by atoms with Crippen LogP contribution in [0.1, 0.15) is 47.5 Å². The van der Waals surface area contributed by atoms with Crippen molar-refractivity contribution in [3.05, 3.63) is 65.5 Å². The number of carbonyl (C=O) groups is 1. The summed E-state index contributed by atoms with van der Waals surface area (Å²) in [5.41, 5.74) is 1.80. The first-order valence-electron chi connectivity index (χ1n) is 8.49. The van der Waals surface area contributed by atoms with Crippen molar-refractivity contribution < 1.29 is 14.3 Å². The SMILES string of the molecule is O=C(c1ccc(O)cc1)N1[C@@H]2CC[C@H]1C[C@@H](c1ccc(F)cc1)C2. The van der Waals surface area contributed by atoms with E-state index in [1.54, 1.807) is 24.3 Å². The molecule has 0 unspecified atom stereocenters. The molecule has 0 aliphatic carbocycles. The predicted octanol–water partition coefficient (Wildman–Crippen LogP) is 4.08. The molecule has 2 saturated heterocycles. The van der Waals surface area contributed by atoms with Crippen LogP contribution in [0.4, 0.5) is 4.39 Å². The summed E-state index contributed by atoms with van der Waals surface area (Å²) in [6.07, 6.45) is 3.94. The number of halogens is 1. The number of fused-ring (bicyclic) bond motifs is 2. The Kier molecular flexibility index (Phi) is 3.75. The zero-order chi connectivity index (χ0) is 16.7. The van der Waals surface area contributed by atoms with Crippen LogP contribution in [-0.2, 0) is 0 Å². The molecule has 124 valence electrons. The Morgan fingerprint density at radius 1 is 0.958 bits per heavy atom. The van der Waals surface area contributed by atoms with Crippen molar-refractivity contribution in [2.24, 2.45) is 0 Å². The van der Waals surface area contributed by atoms with Gasteiger partial charge in [-0.2, -0.15) is 0 Å². The van der Waals surface area contributed by atoms with E-state index in [-0.39, 0.29) is 29.6 Å². The fraction of sp³-hybridized carbons (Fsp3) is 0.350. The molecule has 3 nitrogen and oxygen atoms in total. The predicted molar refractivity (Wildman–Crippen MR) is 89.5 cm³/mol. The number of rotatable bonds is 2. The zero-order valence-corrected chi connectivity index (χ0v) is 13.4. The Morgan fingerprint density at radius 3 is 2.12 bits per heavy atom. The smallest absolute Gasteiger partial charge is 0.254 e. The Balaban J connectivity index is 1.53. The highest BCUT2D eigenvalue weighted by Gasteiger charge is 2.43. The third-order valence-corrected chi connectivity index (χ3v) is 5.42. The van der Waals surface area contributed by atoms with Crippen LogP contribution in [0, 0.1) is 5.82 Å². The van der Waals surface area contributed by atoms with Gasteiger partial charge in [0, 0.05) is 17.6 Å². The lowest BCUT2D eigenvalue weighted by atomic mass is 9.85. The van der Waals surface area contributed by atoms with Gasteiger partial charge in [-0.15, -0.1) is 0 Å². The largest absolute Gasteiger partial charge is 0.508 e. The number of hydrogen-bond acceptors (Lipinski definition) is 2. The second kappa shape index (κ2) is 5.93. The number of piperidine rings is 1. The molecular formula is C20H20FNO2. The van der Waals surface area contributed by atoms with Gasteiger partial charge in [0.05, 0.1) is 0 Å². The lowest BCUT2D eigenvalue weighted by Crippen LogP contribution is -2.46. The van der Waals surface area contributed by atoms with E-state index >= 15 is 0 Å². The van der Waals surface area contributed by atoms with Crippen molar-refractivity contribution in [2.75, 3.05) is 0 Å². The third kappa shape index (κ3) is 2.66. The molecule has 2 aliphatic rings. The summed E-state index contributed by atoms with van der Waals surface area (Å²) in [5, 5.41) is 9.39. The monoisotopic (exact) mass is 325 g/mol. The highest BCUT2D eigenvalue weighted by Crippen LogP contribution is 2.43. The minimum Gasteiger partial charge on any atom is -0.508 e. The maximum absolute atomic E-state index is 13.1. The first-order chi connectivity index (χ1) is 11.6. The van der Waals surface area contributed by atoms with Gasteiger partial charge in [0.15, 0.2) is 0 Å². The fourth-order valence-corrected chi connectivity index (χ4v) is 4.27. The van der Waals surface area contributed by atoms with E-state index in [2.05, 4.69) is 0 Å². The van der Waals surface area contributed by atoms with E-state index in [1.807, 2.05) is 17.0 Å². The number of nitrogens with zero attached hydrogens (tertiary/aromatic N) is 1. The van der Waals surface area contributed by atoms with Crippen LogP contribution in [0.3, 0.4) is 0 Å². The van der Waals surface area contributed by atoms with Gasteiger partial charge in [0.1, 0.15) is 11.6 Å². The first kappa shape index (κ1) is 15.2. The molecule has 2 aliphatic heterocycles. The lowest BCUT2D eigenvalue weighted by molar-refractivity contribution is 0.0571. The number of phenols is 1. The summed E-state index contributed by atoms with van der Waals surface area (Å²) < 4.78 is 13.1. The number of benzene rings is 2. The number of amides is 1. The van der Waals surface area contributed by atoms with Crippen LogP contribution >= 0.6 is 0 Å². The fourth-order valence-electron chi connectivity index (χ4n) is 4.27. The second-order valence-corrected chi connectivity index (χ2v) is 6.86. The maximum atomic E-state index is 13.1. The summed E-state index contributed by atoms with van der Waals surface area (Å²) in [6.45, 7) is 0. The number of carbonyl (C=O) groups excluding carboxylic acids is 1. The average Bonchev–Trinajstić information content (AvgIpc) is 2.85. The van der Waals surface area contributed by atoms with Crippen molar-refractivity contribution in [3.63, 3.8) is 0 Å². The van der Waals surface area contributed by atoms with Gasteiger partial charge in [-0.3, -0.25) is 4.79 Å². The minimum absolute atomic E-state index is 0.0556. The van der Waals surface area contributed by atoms with E-state index < -0.39 is 0 Å². The van der Waals surface area contributed by atoms with Crippen molar-refractivity contribution in [1.29, 1.82) is 0 Å². The van der Waals surface area contributed by atoms with Crippen LogP contribution < -0.4 is 0 Å². The van der Waals surface area contributed by atoms with Crippen molar-refractivity contribution >= 4 is 5.91 Å². The molecule has 2 aromatic carbocycles. The zero-order valence-electron chi connectivity index (χ0n) is 13.4. The summed E-state index contributed by atoms with van der Waals surface area (Å²) >= 11 is 0. The van der Waals surface area contributed by atoms with Crippen LogP contribution in [0.15, 0.2) is 48.5 Å². The number of aromatic hydroxyl groups is 1. The van der Waals surface area contributed by atoms with Gasteiger partial charge < -0.3 is 10.0 Å². The van der Waals surface area contributed by atoms with Crippen molar-refractivity contribution in [1.82, 2.24) is 4.90 Å². The van der Waals surface area contributed by atoms with Gasteiger partial charge in [-0.1, -0.05) is 12.1 Å². The molecule has 2 heterocycles. The normalized spacial score (nSPS) is 25.7. The lowest BCUT2D eigenvalue weighted by Gasteiger charge is -2.39. The molecule has 1 amide bonds. The van der Waals surface area contributed by atoms with Crippen LogP contribution in [0.25, 0.3) is 0 Å². The second-order valence-electron chi connectivity index (χ2n) is 6.86. The van der Waals surface area contributed by atoms with Gasteiger partial charge in [0.2, 0.25) is 0 Å². The maximum Gasteiger partial charge on any atom is 0.254 e. The Morgan fingerprint density at radius 2 is 1.54 bits per heavy atom. The van der Waals surface area contributed by atoms with Gasteiger partial charge in [0.25, 0.3) is 5.91 Å². The van der Waals surface area contributed by atoms with E-state index in [0.717, 1.165) is 25.7 Å². The number of hydrogen-bond donors (Lipinski definition) is 1. The highest BCUT2D eigenvalue weighted by molar-refractivity contribution is 5.95. The standard InChI is InChI=1S/C20H20FNO2/c21-16-5-1-13(2-6-16)15-11-17-7-8-18(12-15)22(17)20(24)14-3-9-19(23)10-4-14/h1-6,9-10,15,17-18,23H,7-8,11-12H2/t15-,17+,18-. The van der Waals surface area contributed by atoms with E-state index in [0.29, 0.717) is 11.5 Å². The molecule has 24 heavy (non-hydrogen) atoms. The molecule has 0 saturated carbocycles. The van der Waals surface area contributed by atoms with Gasteiger partial charge in [-0.25, -0.2) is 4.39 Å². The summed E-state index contributed by atoms with van der Waals surface area (Å²) in [4.78, 5) is 14.9. The highest BCUT2D eigenvalue weighted by atomic mass is 19.1. The van der Waals surface area contributed by atoms with E-state index in [9.17, 15) is 14.3 Å². The quantitative estimate of drug-likeness (QED) is 0.904. The molecule has 0 spiro atoms. The molecule has 0 aromatic heterocycles. The number of phenolic OH excluding ortho intramolecular Hbond substituents is 1. The molecule has 4 heteroatoms. The van der Waals surface area contributed by atoms with Crippen molar-refractivity contribution in [2.45, 2.75) is 43.7 Å². The Hall–Kier alpha value is -2.36. The van der Waals surface area contributed by atoms with Gasteiger partial charge >= 0.3 is 0 Å². The first-order valence-corrected chi connectivity index (χ1v) is 8.49. The summed E-state index contributed by atoms with van der Waals surface area (Å²) in [5.74, 6) is 0.415. The Labute approximate surface area is 140 Å². The molecule has 1 N–H and O–H groups in total.